The topological polar surface area (TPSA) is 89.9 Å². The van der Waals surface area contributed by atoms with Crippen molar-refractivity contribution in [2.24, 2.45) is 0 Å². The van der Waals surface area contributed by atoms with E-state index in [0.29, 0.717) is 13.8 Å². The monoisotopic (exact) mass is 414 g/mol. The molecule has 0 fully saturated rings. The second-order valence-electron chi connectivity index (χ2n) is 6.24. The van der Waals surface area contributed by atoms with Gasteiger partial charge in [0.15, 0.2) is 5.69 Å². The van der Waals surface area contributed by atoms with Crippen LogP contribution in [0.15, 0.2) is 46.5 Å². The molecule has 2 heterocycles. The first-order valence-corrected chi connectivity index (χ1v) is 8.29. The van der Waals surface area contributed by atoms with Crippen molar-refractivity contribution < 1.29 is 22.3 Å². The molecule has 0 unspecified atom stereocenters. The summed E-state index contributed by atoms with van der Waals surface area (Å²) >= 11 is 0. The minimum absolute atomic E-state index is 0.0295. The lowest BCUT2D eigenvalue weighted by Gasteiger charge is -2.17. The van der Waals surface area contributed by atoms with Gasteiger partial charge >= 0.3 is 0 Å². The van der Waals surface area contributed by atoms with Gasteiger partial charge in [0.2, 0.25) is 5.75 Å². The highest BCUT2D eigenvalue weighted by atomic mass is 19.3. The Morgan fingerprint density at radius 2 is 1.93 bits per heavy atom. The molecule has 29 heavy (non-hydrogen) atoms. The zero-order valence-electron chi connectivity index (χ0n) is 15.8. The minimum atomic E-state index is -3.50. The molecule has 0 spiro atoms. The van der Waals surface area contributed by atoms with E-state index in [0.717, 1.165) is 17.0 Å². The second kappa shape index (κ2) is 8.02. The van der Waals surface area contributed by atoms with Crippen LogP contribution in [-0.4, -0.2) is 19.7 Å². The molecule has 2 aromatic rings. The van der Waals surface area contributed by atoms with Gasteiger partial charge in [0.1, 0.15) is 11.5 Å². The molecule has 0 saturated carbocycles. The summed E-state index contributed by atoms with van der Waals surface area (Å²) in [5.41, 5.74) is -3.72. The summed E-state index contributed by atoms with van der Waals surface area (Å²) in [6, 6.07) is 0.829. The number of hydrogen-bond acceptors (Lipinski definition) is 5. The van der Waals surface area contributed by atoms with Crippen molar-refractivity contribution >= 4 is 0 Å². The Hall–Kier alpha value is -3.24. The van der Waals surface area contributed by atoms with E-state index in [1.807, 2.05) is 5.10 Å². The molecule has 1 N–H and O–H groups in total. The van der Waals surface area contributed by atoms with E-state index < -0.39 is 46.6 Å². The standard InChI is InChI=1S/C18H18F4N4O3/c1-5-11(6-2)29-13-14(18(4,21)22)23-9-26(16(13)28)8-10-7-12(17(3,19)20)24-25-15(10)27/h5-7,9H,1,8H2,2-4H3,(H,25,27)/b11-6+. The third kappa shape index (κ3) is 4.98. The molecule has 7 nitrogen and oxygen atoms in total. The summed E-state index contributed by atoms with van der Waals surface area (Å²) in [7, 11) is 0. The van der Waals surface area contributed by atoms with Crippen LogP contribution in [0.3, 0.4) is 0 Å². The molecule has 0 aromatic carbocycles. The van der Waals surface area contributed by atoms with Gasteiger partial charge in [-0.05, 0) is 25.1 Å². The highest BCUT2D eigenvalue weighted by Crippen LogP contribution is 2.31. The molecular weight excluding hydrogens is 396 g/mol. The Bertz CT molecular complexity index is 1060. The van der Waals surface area contributed by atoms with Crippen LogP contribution in [0.5, 0.6) is 5.75 Å². The molecule has 0 radical (unpaired) electrons. The third-order valence-corrected chi connectivity index (χ3v) is 3.79. The normalized spacial score (nSPS) is 12.7. The fraction of sp³-hybridized carbons (Fsp3) is 0.333. The fourth-order valence-electron chi connectivity index (χ4n) is 2.30. The molecule has 0 bridgehead atoms. The Morgan fingerprint density at radius 1 is 1.28 bits per heavy atom. The molecule has 0 amide bonds. The Morgan fingerprint density at radius 3 is 2.45 bits per heavy atom. The average molecular weight is 414 g/mol. The van der Waals surface area contributed by atoms with Crippen LogP contribution in [0.25, 0.3) is 0 Å². The maximum absolute atomic E-state index is 13.9. The van der Waals surface area contributed by atoms with Crippen LogP contribution >= 0.6 is 0 Å². The van der Waals surface area contributed by atoms with Crippen molar-refractivity contribution in [3.8, 4) is 5.75 Å². The molecule has 0 aliphatic rings. The Kier molecular flexibility index (Phi) is 6.10. The smallest absolute Gasteiger partial charge is 0.297 e. The molecule has 0 aliphatic carbocycles. The number of nitrogens with one attached hydrogen (secondary N) is 1. The van der Waals surface area contributed by atoms with Gasteiger partial charge in [-0.3, -0.25) is 14.2 Å². The van der Waals surface area contributed by atoms with Crippen LogP contribution in [0.2, 0.25) is 0 Å². The van der Waals surface area contributed by atoms with Crippen LogP contribution in [0, 0.1) is 0 Å². The highest BCUT2D eigenvalue weighted by molar-refractivity contribution is 5.31. The van der Waals surface area contributed by atoms with Crippen molar-refractivity contribution in [1.82, 2.24) is 19.7 Å². The van der Waals surface area contributed by atoms with E-state index in [1.54, 1.807) is 6.92 Å². The number of rotatable bonds is 7. The number of H-pyrrole nitrogens is 1. The maximum atomic E-state index is 13.9. The van der Waals surface area contributed by atoms with Gasteiger partial charge in [0.25, 0.3) is 23.0 Å². The van der Waals surface area contributed by atoms with Gasteiger partial charge in [-0.1, -0.05) is 6.58 Å². The van der Waals surface area contributed by atoms with E-state index >= 15 is 0 Å². The largest absolute Gasteiger partial charge is 0.450 e. The van der Waals surface area contributed by atoms with Gasteiger partial charge in [0.05, 0.1) is 12.9 Å². The lowest BCUT2D eigenvalue weighted by molar-refractivity contribution is 0.00951. The van der Waals surface area contributed by atoms with E-state index in [4.69, 9.17) is 4.74 Å². The molecule has 11 heteroatoms. The van der Waals surface area contributed by atoms with Crippen molar-refractivity contribution in [1.29, 1.82) is 0 Å². The van der Waals surface area contributed by atoms with Gasteiger partial charge in [-0.2, -0.15) is 22.7 Å². The quantitative estimate of drug-likeness (QED) is 0.427. The van der Waals surface area contributed by atoms with Crippen LogP contribution in [0.1, 0.15) is 37.7 Å². The predicted octanol–water partition coefficient (Wildman–Crippen LogP) is 3.07. The van der Waals surface area contributed by atoms with E-state index in [2.05, 4.69) is 16.7 Å². The van der Waals surface area contributed by atoms with Crippen molar-refractivity contribution in [3.05, 3.63) is 74.5 Å². The minimum Gasteiger partial charge on any atom is -0.450 e. The van der Waals surface area contributed by atoms with Gasteiger partial charge < -0.3 is 4.74 Å². The van der Waals surface area contributed by atoms with E-state index in [1.165, 1.54) is 12.2 Å². The summed E-state index contributed by atoms with van der Waals surface area (Å²) in [5, 5.41) is 5.19. The zero-order chi connectivity index (χ0) is 22.0. The average Bonchev–Trinajstić information content (AvgIpc) is 2.62. The summed E-state index contributed by atoms with van der Waals surface area (Å²) in [6.07, 6.45) is 3.39. The van der Waals surface area contributed by atoms with Crippen LogP contribution in [-0.2, 0) is 18.4 Å². The number of aromatic nitrogens is 4. The molecule has 156 valence electrons. The second-order valence-corrected chi connectivity index (χ2v) is 6.24. The summed E-state index contributed by atoms with van der Waals surface area (Å²) < 4.78 is 60.7. The SMILES string of the molecule is C=C/C(=C\C)Oc1c(C(C)(F)F)ncn(Cc2cc(C(C)(F)F)n[nH]c2=O)c1=O. The van der Waals surface area contributed by atoms with E-state index in [-0.39, 0.29) is 11.3 Å². The maximum Gasteiger partial charge on any atom is 0.297 e. The fourth-order valence-corrected chi connectivity index (χ4v) is 2.30. The Balaban J connectivity index is 2.60. The van der Waals surface area contributed by atoms with Crippen LogP contribution < -0.4 is 15.9 Å². The molecule has 2 aromatic heterocycles. The van der Waals surface area contributed by atoms with Crippen molar-refractivity contribution in [3.63, 3.8) is 0 Å². The summed E-state index contributed by atoms with van der Waals surface area (Å²) in [4.78, 5) is 28.2. The number of nitrogens with zero attached hydrogens (tertiary/aromatic N) is 3. The first kappa shape index (κ1) is 22.1. The summed E-state index contributed by atoms with van der Waals surface area (Å²) in [6.45, 7) is 5.60. The lowest BCUT2D eigenvalue weighted by atomic mass is 10.2. The molecule has 2 rings (SSSR count). The molecule has 0 aliphatic heterocycles. The first-order valence-electron chi connectivity index (χ1n) is 8.29. The van der Waals surface area contributed by atoms with Gasteiger partial charge in [-0.15, -0.1) is 0 Å². The number of halogens is 4. The third-order valence-electron chi connectivity index (χ3n) is 3.79. The number of ether oxygens (including phenoxy) is 1. The first-order chi connectivity index (χ1) is 13.4. The van der Waals surface area contributed by atoms with E-state index in [9.17, 15) is 27.2 Å². The number of hydrogen-bond donors (Lipinski definition) is 1. The Labute approximate surface area is 162 Å². The molecular formula is C18H18F4N4O3. The number of allylic oxidation sites excluding steroid dienone is 2. The van der Waals surface area contributed by atoms with Gasteiger partial charge in [-0.25, -0.2) is 10.1 Å². The zero-order valence-corrected chi connectivity index (χ0v) is 15.8. The lowest BCUT2D eigenvalue weighted by Crippen LogP contribution is -2.30. The number of aromatic amines is 1. The molecule has 0 atom stereocenters. The van der Waals surface area contributed by atoms with Crippen LogP contribution in [0.4, 0.5) is 17.6 Å². The van der Waals surface area contributed by atoms with Crippen molar-refractivity contribution in [2.45, 2.75) is 39.2 Å². The highest BCUT2D eigenvalue weighted by Gasteiger charge is 2.34. The predicted molar refractivity (Wildman–Crippen MR) is 96.2 cm³/mol. The van der Waals surface area contributed by atoms with Crippen molar-refractivity contribution in [2.75, 3.05) is 0 Å². The van der Waals surface area contributed by atoms with Gasteiger partial charge in [0, 0.05) is 19.4 Å². The molecule has 0 saturated heterocycles. The number of alkyl halides is 4. The summed E-state index contributed by atoms with van der Waals surface area (Å²) in [5.74, 6) is -7.57.